The van der Waals surface area contributed by atoms with Gasteiger partial charge in [0, 0.05) is 29.3 Å². The maximum atomic E-state index is 12.3. The molecule has 6 nitrogen and oxygen atoms in total. The van der Waals surface area contributed by atoms with Gasteiger partial charge in [-0.05, 0) is 24.3 Å². The van der Waals surface area contributed by atoms with Crippen molar-refractivity contribution in [2.24, 2.45) is 0 Å². The summed E-state index contributed by atoms with van der Waals surface area (Å²) in [7, 11) is 0. The van der Waals surface area contributed by atoms with Crippen molar-refractivity contribution in [1.29, 1.82) is 5.26 Å². The van der Waals surface area contributed by atoms with Crippen LogP contribution in [-0.2, 0) is 5.41 Å². The van der Waals surface area contributed by atoms with Crippen LogP contribution in [0.4, 0.5) is 0 Å². The van der Waals surface area contributed by atoms with Crippen molar-refractivity contribution >= 4 is 5.91 Å². The van der Waals surface area contributed by atoms with E-state index < -0.39 is 5.41 Å². The molecule has 3 aromatic rings. The number of carbonyl (C=O) groups excluding carboxylic acids is 1. The van der Waals surface area contributed by atoms with Crippen molar-refractivity contribution in [2.45, 2.75) is 19.3 Å². The maximum absolute atomic E-state index is 12.3. The van der Waals surface area contributed by atoms with Gasteiger partial charge in [-0.3, -0.25) is 4.79 Å². The lowest BCUT2D eigenvalue weighted by Crippen LogP contribution is -2.37. The number of nitrogens with one attached hydrogen (secondary N) is 1. The van der Waals surface area contributed by atoms with Gasteiger partial charge < -0.3 is 9.73 Å². The van der Waals surface area contributed by atoms with Gasteiger partial charge in [0.05, 0.1) is 5.69 Å². The highest BCUT2D eigenvalue weighted by Gasteiger charge is 2.26. The molecule has 0 bridgehead atoms. The van der Waals surface area contributed by atoms with Crippen LogP contribution in [0, 0.1) is 11.3 Å². The lowest BCUT2D eigenvalue weighted by molar-refractivity contribution is 0.0945. The second-order valence-corrected chi connectivity index (χ2v) is 6.51. The van der Waals surface area contributed by atoms with Crippen LogP contribution in [0.3, 0.4) is 0 Å². The first-order chi connectivity index (χ1) is 12.5. The molecule has 0 atom stereocenters. The molecule has 0 aliphatic rings. The second kappa shape index (κ2) is 7.19. The van der Waals surface area contributed by atoms with Gasteiger partial charge in [0.15, 0.2) is 0 Å². The number of oxazole rings is 1. The highest BCUT2D eigenvalue weighted by molar-refractivity contribution is 5.94. The lowest BCUT2D eigenvalue weighted by Gasteiger charge is -2.22. The number of hydrogen-bond acceptors (Lipinski definition) is 5. The topological polar surface area (TPSA) is 91.8 Å². The van der Waals surface area contributed by atoms with Crippen molar-refractivity contribution in [3.63, 3.8) is 0 Å². The number of rotatable bonds is 5. The van der Waals surface area contributed by atoms with Crippen molar-refractivity contribution in [2.75, 3.05) is 6.54 Å². The number of carbonyl (C=O) groups is 1. The van der Waals surface area contributed by atoms with Crippen LogP contribution in [0.25, 0.3) is 11.5 Å². The van der Waals surface area contributed by atoms with Gasteiger partial charge in [-0.15, -0.1) is 0 Å². The smallest absolute Gasteiger partial charge is 0.251 e. The fourth-order valence-corrected chi connectivity index (χ4v) is 2.42. The predicted octanol–water partition coefficient (Wildman–Crippen LogP) is 3.32. The first kappa shape index (κ1) is 17.4. The summed E-state index contributed by atoms with van der Waals surface area (Å²) in [4.78, 5) is 20.7. The van der Waals surface area contributed by atoms with Gasteiger partial charge in [-0.1, -0.05) is 32.0 Å². The largest absolute Gasteiger partial charge is 0.444 e. The molecule has 1 aromatic carbocycles. The number of amides is 1. The van der Waals surface area contributed by atoms with E-state index in [0.717, 1.165) is 11.3 Å². The zero-order valence-corrected chi connectivity index (χ0v) is 14.6. The van der Waals surface area contributed by atoms with E-state index in [1.54, 1.807) is 12.3 Å². The first-order valence-electron chi connectivity index (χ1n) is 8.15. The summed E-state index contributed by atoms with van der Waals surface area (Å²) in [6, 6.07) is 14.6. The van der Waals surface area contributed by atoms with E-state index in [4.69, 9.17) is 9.68 Å². The third kappa shape index (κ3) is 3.78. The predicted molar refractivity (Wildman–Crippen MR) is 96.3 cm³/mol. The van der Waals surface area contributed by atoms with E-state index in [-0.39, 0.29) is 11.6 Å². The van der Waals surface area contributed by atoms with E-state index in [0.29, 0.717) is 18.0 Å². The molecule has 0 radical (unpaired) electrons. The second-order valence-electron chi connectivity index (χ2n) is 6.51. The minimum Gasteiger partial charge on any atom is -0.444 e. The third-order valence-corrected chi connectivity index (χ3v) is 4.05. The van der Waals surface area contributed by atoms with Gasteiger partial charge >= 0.3 is 0 Å². The molecule has 130 valence electrons. The fourth-order valence-electron chi connectivity index (χ4n) is 2.42. The molecule has 0 aliphatic heterocycles. The Bertz CT molecular complexity index is 955. The van der Waals surface area contributed by atoms with Crippen LogP contribution in [0.5, 0.6) is 0 Å². The molecular weight excluding hydrogens is 328 g/mol. The standard InChI is InChI=1S/C20H18N4O2/c1-20(2,13-23-18(25)15-8-9-22-16(10-15)11-21)17-12-26-19(24-17)14-6-4-3-5-7-14/h3-10,12H,13H2,1-2H3,(H,23,25). The zero-order chi connectivity index (χ0) is 18.6. The number of aromatic nitrogens is 2. The number of nitrogens with zero attached hydrogens (tertiary/aromatic N) is 3. The van der Waals surface area contributed by atoms with Crippen LogP contribution in [0.2, 0.25) is 0 Å². The van der Waals surface area contributed by atoms with E-state index in [1.165, 1.54) is 12.3 Å². The zero-order valence-electron chi connectivity index (χ0n) is 14.6. The van der Waals surface area contributed by atoms with Gasteiger partial charge in [0.1, 0.15) is 18.0 Å². The fraction of sp³-hybridized carbons (Fsp3) is 0.200. The summed E-state index contributed by atoms with van der Waals surface area (Å²) in [5.41, 5.74) is 1.85. The third-order valence-electron chi connectivity index (χ3n) is 4.05. The van der Waals surface area contributed by atoms with E-state index in [9.17, 15) is 4.79 Å². The normalized spacial score (nSPS) is 11.0. The number of benzene rings is 1. The highest BCUT2D eigenvalue weighted by Crippen LogP contribution is 2.26. The van der Waals surface area contributed by atoms with Crippen molar-refractivity contribution in [3.8, 4) is 17.5 Å². The van der Waals surface area contributed by atoms with Gasteiger partial charge in [-0.25, -0.2) is 9.97 Å². The van der Waals surface area contributed by atoms with Crippen LogP contribution in [0.15, 0.2) is 59.3 Å². The minimum absolute atomic E-state index is 0.209. The summed E-state index contributed by atoms with van der Waals surface area (Å²) in [6.45, 7) is 4.33. The van der Waals surface area contributed by atoms with Crippen LogP contribution < -0.4 is 5.32 Å². The molecule has 26 heavy (non-hydrogen) atoms. The Labute approximate surface area is 151 Å². The Hall–Kier alpha value is -3.46. The highest BCUT2D eigenvalue weighted by atomic mass is 16.3. The number of nitriles is 1. The molecule has 0 aliphatic carbocycles. The van der Waals surface area contributed by atoms with Gasteiger partial charge in [0.2, 0.25) is 5.89 Å². The van der Waals surface area contributed by atoms with Crippen molar-refractivity contribution in [3.05, 3.63) is 71.9 Å². The number of pyridine rings is 1. The SMILES string of the molecule is CC(C)(CNC(=O)c1ccnc(C#N)c1)c1coc(-c2ccccc2)n1. The Morgan fingerprint density at radius 1 is 1.27 bits per heavy atom. The monoisotopic (exact) mass is 346 g/mol. The van der Waals surface area contributed by atoms with Crippen molar-refractivity contribution < 1.29 is 9.21 Å². The number of hydrogen-bond donors (Lipinski definition) is 1. The summed E-state index contributed by atoms with van der Waals surface area (Å²) in [5.74, 6) is 0.288. The van der Waals surface area contributed by atoms with Crippen LogP contribution in [-0.4, -0.2) is 22.4 Å². The first-order valence-corrected chi connectivity index (χ1v) is 8.15. The lowest BCUT2D eigenvalue weighted by atomic mass is 9.90. The Balaban J connectivity index is 1.70. The molecule has 0 saturated carbocycles. The molecule has 2 aromatic heterocycles. The molecule has 1 N–H and O–H groups in total. The molecule has 0 saturated heterocycles. The molecule has 0 spiro atoms. The van der Waals surface area contributed by atoms with Crippen molar-refractivity contribution in [1.82, 2.24) is 15.3 Å². The Morgan fingerprint density at radius 2 is 2.04 bits per heavy atom. The summed E-state index contributed by atoms with van der Waals surface area (Å²) in [5, 5.41) is 11.8. The summed E-state index contributed by atoms with van der Waals surface area (Å²) < 4.78 is 5.59. The average Bonchev–Trinajstić information content (AvgIpc) is 3.18. The average molecular weight is 346 g/mol. The Morgan fingerprint density at radius 3 is 2.77 bits per heavy atom. The molecule has 3 rings (SSSR count). The van der Waals surface area contributed by atoms with Crippen LogP contribution >= 0.6 is 0 Å². The molecular formula is C20H18N4O2. The summed E-state index contributed by atoms with van der Waals surface area (Å²) in [6.07, 6.45) is 3.07. The molecule has 0 fully saturated rings. The molecule has 0 unspecified atom stereocenters. The van der Waals surface area contributed by atoms with E-state index in [1.807, 2.05) is 50.2 Å². The van der Waals surface area contributed by atoms with Crippen LogP contribution in [0.1, 0.15) is 35.6 Å². The Kier molecular flexibility index (Phi) is 4.81. The van der Waals surface area contributed by atoms with Gasteiger partial charge in [-0.2, -0.15) is 5.26 Å². The summed E-state index contributed by atoms with van der Waals surface area (Å²) >= 11 is 0. The quantitative estimate of drug-likeness (QED) is 0.765. The maximum Gasteiger partial charge on any atom is 0.251 e. The van der Waals surface area contributed by atoms with Gasteiger partial charge in [0.25, 0.3) is 5.91 Å². The van der Waals surface area contributed by atoms with E-state index in [2.05, 4.69) is 15.3 Å². The minimum atomic E-state index is -0.419. The molecule has 2 heterocycles. The molecule has 1 amide bonds. The molecule has 6 heteroatoms. The van der Waals surface area contributed by atoms with E-state index >= 15 is 0 Å².